The topological polar surface area (TPSA) is 96.0 Å². The summed E-state index contributed by atoms with van der Waals surface area (Å²) in [6.07, 6.45) is 3.88. The van der Waals surface area contributed by atoms with Crippen molar-refractivity contribution in [2.75, 3.05) is 20.2 Å². The molecule has 2 fully saturated rings. The van der Waals surface area contributed by atoms with Crippen LogP contribution >= 0.6 is 0 Å². The van der Waals surface area contributed by atoms with Crippen molar-refractivity contribution in [3.63, 3.8) is 0 Å². The average molecular weight is 405 g/mol. The van der Waals surface area contributed by atoms with E-state index in [1.807, 2.05) is 0 Å². The Morgan fingerprint density at radius 1 is 1.17 bits per heavy atom. The molecule has 1 aromatic rings. The zero-order chi connectivity index (χ0) is 21.0. The Balaban J connectivity index is 1.49. The molecule has 0 radical (unpaired) electrons. The number of carbonyl (C=O) groups is 4. The van der Waals surface area contributed by atoms with E-state index in [0.29, 0.717) is 18.4 Å². The maximum Gasteiger partial charge on any atom is 0.327 e. The second kappa shape index (κ2) is 8.59. The third-order valence-corrected chi connectivity index (χ3v) is 5.57. The minimum atomic E-state index is -0.868. The van der Waals surface area contributed by atoms with Crippen LogP contribution in [0, 0.1) is 5.82 Å². The largest absolute Gasteiger partial charge is 0.454 e. The van der Waals surface area contributed by atoms with Crippen LogP contribution in [0.3, 0.4) is 0 Å². The van der Waals surface area contributed by atoms with Crippen molar-refractivity contribution < 1.29 is 28.3 Å². The molecule has 1 aliphatic heterocycles. The Bertz CT molecular complexity index is 822. The number of esters is 1. The fourth-order valence-corrected chi connectivity index (χ4v) is 3.88. The first-order valence-corrected chi connectivity index (χ1v) is 9.60. The van der Waals surface area contributed by atoms with Crippen LogP contribution in [0.2, 0.25) is 0 Å². The fraction of sp³-hybridized carbons (Fsp3) is 0.500. The number of rotatable bonds is 6. The summed E-state index contributed by atoms with van der Waals surface area (Å²) in [5.41, 5.74) is -0.562. The molecule has 3 rings (SSSR count). The lowest BCUT2D eigenvalue weighted by molar-refractivity contribution is -0.151. The van der Waals surface area contributed by atoms with Crippen molar-refractivity contribution in [2.45, 2.75) is 44.2 Å². The number of hydrogen-bond acceptors (Lipinski definition) is 5. The Labute approximate surface area is 168 Å². The van der Waals surface area contributed by atoms with Gasteiger partial charge in [-0.15, -0.1) is 0 Å². The lowest BCUT2D eigenvalue weighted by Crippen LogP contribution is -2.49. The summed E-state index contributed by atoms with van der Waals surface area (Å²) < 4.78 is 18.4. The van der Waals surface area contributed by atoms with Crippen LogP contribution in [0.5, 0.6) is 0 Å². The predicted molar refractivity (Wildman–Crippen MR) is 99.9 cm³/mol. The maximum absolute atomic E-state index is 13.5. The molecule has 1 aromatic carbocycles. The average Bonchev–Trinajstić information content (AvgIpc) is 2.88. The van der Waals surface area contributed by atoms with Gasteiger partial charge in [-0.25, -0.2) is 9.18 Å². The van der Waals surface area contributed by atoms with E-state index >= 15 is 0 Å². The van der Waals surface area contributed by atoms with E-state index in [1.165, 1.54) is 23.1 Å². The number of amides is 4. The molecule has 9 heteroatoms. The molecule has 4 amide bonds. The Hall–Kier alpha value is -2.97. The van der Waals surface area contributed by atoms with Crippen molar-refractivity contribution in [3.05, 3.63) is 35.6 Å². The van der Waals surface area contributed by atoms with Crippen molar-refractivity contribution in [1.29, 1.82) is 0 Å². The molecule has 1 N–H and O–H groups in total. The van der Waals surface area contributed by atoms with E-state index in [9.17, 15) is 23.6 Å². The van der Waals surface area contributed by atoms with Crippen molar-refractivity contribution in [1.82, 2.24) is 15.1 Å². The molecule has 2 aliphatic rings. The third-order valence-electron chi connectivity index (χ3n) is 5.57. The van der Waals surface area contributed by atoms with Crippen molar-refractivity contribution >= 4 is 23.8 Å². The van der Waals surface area contributed by atoms with Crippen molar-refractivity contribution in [3.8, 4) is 0 Å². The van der Waals surface area contributed by atoms with E-state index in [-0.39, 0.29) is 12.5 Å². The highest BCUT2D eigenvalue weighted by Gasteiger charge is 2.55. The highest BCUT2D eigenvalue weighted by Crippen LogP contribution is 2.39. The summed E-state index contributed by atoms with van der Waals surface area (Å²) in [5.74, 6) is -2.29. The smallest absolute Gasteiger partial charge is 0.327 e. The van der Waals surface area contributed by atoms with E-state index in [4.69, 9.17) is 4.74 Å². The normalized spacial score (nSPS) is 18.3. The fourth-order valence-electron chi connectivity index (χ4n) is 3.88. The van der Waals surface area contributed by atoms with Gasteiger partial charge in [0.25, 0.3) is 11.8 Å². The quantitative estimate of drug-likeness (QED) is 0.573. The number of nitrogens with one attached hydrogen (secondary N) is 1. The third kappa shape index (κ3) is 4.23. The molecule has 0 bridgehead atoms. The Morgan fingerprint density at radius 3 is 2.55 bits per heavy atom. The monoisotopic (exact) mass is 405 g/mol. The van der Waals surface area contributed by atoms with Gasteiger partial charge in [0.1, 0.15) is 17.9 Å². The first-order valence-electron chi connectivity index (χ1n) is 9.60. The van der Waals surface area contributed by atoms with Crippen LogP contribution in [0.15, 0.2) is 24.3 Å². The van der Waals surface area contributed by atoms with Gasteiger partial charge in [-0.05, 0) is 18.9 Å². The predicted octanol–water partition coefficient (Wildman–Crippen LogP) is 1.58. The number of imide groups is 1. The summed E-state index contributed by atoms with van der Waals surface area (Å²) in [6.45, 7) is -1.16. The van der Waals surface area contributed by atoms with E-state index < -0.39 is 42.4 Å². The Kier molecular flexibility index (Phi) is 6.14. The second-order valence-electron chi connectivity index (χ2n) is 7.35. The minimum absolute atomic E-state index is 0.0422. The minimum Gasteiger partial charge on any atom is -0.454 e. The number of benzene rings is 1. The molecule has 1 saturated carbocycles. The highest BCUT2D eigenvalue weighted by atomic mass is 19.1. The number of hydrogen-bond donors (Lipinski definition) is 1. The van der Waals surface area contributed by atoms with E-state index in [2.05, 4.69) is 5.32 Å². The maximum atomic E-state index is 13.5. The van der Waals surface area contributed by atoms with Gasteiger partial charge in [0.15, 0.2) is 6.61 Å². The molecule has 0 aromatic heterocycles. The SMILES string of the molecule is CN1C(=O)N(CC(=O)OCC(=O)NCc2ccccc2F)C(=O)C12CCCCC2. The van der Waals surface area contributed by atoms with Crippen LogP contribution in [0.25, 0.3) is 0 Å². The highest BCUT2D eigenvalue weighted by molar-refractivity contribution is 6.08. The molecule has 0 unspecified atom stereocenters. The molecule has 0 atom stereocenters. The van der Waals surface area contributed by atoms with E-state index in [1.54, 1.807) is 13.1 Å². The van der Waals surface area contributed by atoms with Crippen LogP contribution < -0.4 is 5.32 Å². The lowest BCUT2D eigenvalue weighted by atomic mass is 9.81. The number of carbonyl (C=O) groups excluding carboxylic acids is 4. The molecule has 1 spiro atoms. The summed E-state index contributed by atoms with van der Waals surface area (Å²) in [5, 5.41) is 2.45. The van der Waals surface area contributed by atoms with Gasteiger partial charge in [0, 0.05) is 19.2 Å². The van der Waals surface area contributed by atoms with Gasteiger partial charge in [0.2, 0.25) is 0 Å². The van der Waals surface area contributed by atoms with Gasteiger partial charge < -0.3 is 15.0 Å². The number of urea groups is 1. The molecule has 8 nitrogen and oxygen atoms in total. The molecular formula is C20H24FN3O5. The first kappa shape index (κ1) is 20.8. The lowest BCUT2D eigenvalue weighted by Gasteiger charge is -2.35. The number of nitrogens with zero attached hydrogens (tertiary/aromatic N) is 2. The summed E-state index contributed by atoms with van der Waals surface area (Å²) in [7, 11) is 1.58. The van der Waals surface area contributed by atoms with E-state index in [0.717, 1.165) is 24.2 Å². The number of halogens is 1. The summed E-state index contributed by atoms with van der Waals surface area (Å²) >= 11 is 0. The Morgan fingerprint density at radius 2 is 1.86 bits per heavy atom. The zero-order valence-corrected chi connectivity index (χ0v) is 16.3. The van der Waals surface area contributed by atoms with Gasteiger partial charge >= 0.3 is 12.0 Å². The zero-order valence-electron chi connectivity index (χ0n) is 16.3. The standard InChI is InChI=1S/C20H24FN3O5/c1-23-19(28)24(18(27)20(23)9-5-2-6-10-20)12-17(26)29-13-16(25)22-11-14-7-3-4-8-15(14)21/h3-4,7-8H,2,5-6,9-13H2,1H3,(H,22,25). The number of ether oxygens (including phenoxy) is 1. The van der Waals surface area contributed by atoms with Gasteiger partial charge in [-0.3, -0.25) is 19.3 Å². The van der Waals surface area contributed by atoms with Gasteiger partial charge in [-0.1, -0.05) is 37.5 Å². The second-order valence-corrected chi connectivity index (χ2v) is 7.35. The van der Waals surface area contributed by atoms with Crippen LogP contribution in [0.1, 0.15) is 37.7 Å². The molecule has 29 heavy (non-hydrogen) atoms. The molecule has 1 heterocycles. The van der Waals surface area contributed by atoms with Crippen LogP contribution in [0.4, 0.5) is 9.18 Å². The summed E-state index contributed by atoms with van der Waals surface area (Å²) in [6, 6.07) is 5.46. The van der Waals surface area contributed by atoms with Crippen LogP contribution in [-0.4, -0.2) is 59.4 Å². The number of likely N-dealkylation sites (N-methyl/N-ethyl adjacent to an activating group) is 1. The van der Waals surface area contributed by atoms with Gasteiger partial charge in [-0.2, -0.15) is 0 Å². The molecule has 1 saturated heterocycles. The molecule has 156 valence electrons. The van der Waals surface area contributed by atoms with Crippen molar-refractivity contribution in [2.24, 2.45) is 0 Å². The summed E-state index contributed by atoms with van der Waals surface area (Å²) in [4.78, 5) is 51.5. The molecule has 1 aliphatic carbocycles. The first-order chi connectivity index (χ1) is 13.8. The van der Waals surface area contributed by atoms with Crippen LogP contribution in [-0.2, 0) is 25.7 Å². The van der Waals surface area contributed by atoms with Gasteiger partial charge in [0.05, 0.1) is 0 Å². The molecular weight excluding hydrogens is 381 g/mol.